The lowest BCUT2D eigenvalue weighted by Gasteiger charge is -2.59. The zero-order valence-electron chi connectivity index (χ0n) is 8.32. The Morgan fingerprint density at radius 2 is 0.650 bits per heavy atom. The van der Waals surface area contributed by atoms with Crippen molar-refractivity contribution in [1.82, 2.24) is 0 Å². The van der Waals surface area contributed by atoms with Crippen LogP contribution in [0.5, 0.6) is 0 Å². The molecular formula is C6I13O. The summed E-state index contributed by atoms with van der Waals surface area (Å²) in [6, 6.07) is 0. The Bertz CT molecular complexity index is 315. The van der Waals surface area contributed by atoms with Gasteiger partial charge in [-0.15, -0.1) is 0 Å². The van der Waals surface area contributed by atoms with Crippen LogP contribution in [0.2, 0.25) is 0 Å². The van der Waals surface area contributed by atoms with Crippen molar-refractivity contribution >= 4 is 294 Å². The van der Waals surface area contributed by atoms with Crippen molar-refractivity contribution in [2.24, 2.45) is 5.41 Å². The Kier molecular flexibility index (Phi) is 15.3. The van der Waals surface area contributed by atoms with Crippen LogP contribution in [0.15, 0.2) is 0 Å². The molecule has 1 nitrogen and oxygen atoms in total. The fourth-order valence-electron chi connectivity index (χ4n) is 1.23. The third-order valence-electron chi connectivity index (χ3n) is 2.11. The van der Waals surface area contributed by atoms with Gasteiger partial charge < -0.3 is 0 Å². The molecule has 0 unspecified atom stereocenters. The molecule has 0 aliphatic heterocycles. The highest BCUT2D eigenvalue weighted by molar-refractivity contribution is 14.3. The number of alkyl halides is 13. The highest BCUT2D eigenvalue weighted by atomic mass is 127. The van der Waals surface area contributed by atoms with Crippen molar-refractivity contribution in [3.8, 4) is 0 Å². The number of halogens is 13. The molecule has 0 spiro atoms. The third kappa shape index (κ3) is 6.48. The summed E-state index contributed by atoms with van der Waals surface area (Å²) >= 11 is 31.3. The number of hydrogen-bond acceptors (Lipinski definition) is 0. The predicted molar refractivity (Wildman–Crippen MR) is 199 cm³/mol. The van der Waals surface area contributed by atoms with Crippen LogP contribution in [0, 0.1) is 5.41 Å². The quantitative estimate of drug-likeness (QED) is 0.193. The first-order valence-electron chi connectivity index (χ1n) is 3.91. The van der Waals surface area contributed by atoms with Crippen molar-refractivity contribution in [1.29, 1.82) is 0 Å². The van der Waals surface area contributed by atoms with Crippen molar-refractivity contribution in [2.45, 2.75) is 1.35 Å². The lowest BCUT2D eigenvalue weighted by molar-refractivity contribution is 0.130. The Morgan fingerprint density at radius 1 is 0.450 bits per heavy atom. The molecule has 0 fully saturated rings. The van der Waals surface area contributed by atoms with Crippen LogP contribution < -0.4 is 0 Å². The van der Waals surface area contributed by atoms with Crippen molar-refractivity contribution < 1.29 is 5.11 Å². The van der Waals surface area contributed by atoms with Crippen molar-refractivity contribution in [3.63, 3.8) is 0 Å². The predicted octanol–water partition coefficient (Wildman–Crippen LogP) is 10.4. The second-order valence-electron chi connectivity index (χ2n) is 3.33. The Balaban J connectivity index is 6.83. The van der Waals surface area contributed by atoms with Gasteiger partial charge in [0.05, 0.1) is 5.41 Å². The van der Waals surface area contributed by atoms with Gasteiger partial charge in [0.1, 0.15) is -0.266 Å². The average Bonchev–Trinajstić information content (AvgIpc) is 1.89. The van der Waals surface area contributed by atoms with Crippen LogP contribution >= 0.6 is 294 Å². The molecule has 0 atom stereocenters. The third-order valence-corrected chi connectivity index (χ3v) is 18.3. The van der Waals surface area contributed by atoms with Crippen molar-refractivity contribution in [3.05, 3.63) is 0 Å². The van der Waals surface area contributed by atoms with Crippen LogP contribution in [0.25, 0.3) is 0 Å². The summed E-state index contributed by atoms with van der Waals surface area (Å²) in [5.41, 5.74) is -0.281. The molecule has 121 valence electrons. The van der Waals surface area contributed by atoms with Gasteiger partial charge in [-0.25, -0.2) is 5.11 Å². The van der Waals surface area contributed by atoms with Gasteiger partial charge >= 0.3 is 0 Å². The second-order valence-corrected chi connectivity index (χ2v) is 46.9. The smallest absolute Gasteiger partial charge is 0.204 e. The van der Waals surface area contributed by atoms with Gasteiger partial charge in [-0.1, -0.05) is 248 Å². The van der Waals surface area contributed by atoms with E-state index in [2.05, 4.69) is 294 Å². The molecule has 20 heavy (non-hydrogen) atoms. The molecule has 0 amide bonds. The van der Waals surface area contributed by atoms with E-state index in [4.69, 9.17) is 0 Å². The summed E-state index contributed by atoms with van der Waals surface area (Å²) in [5.74, 6) is 0. The standard InChI is InChI=1S/C6I13O/c7-2(8,6(18,19)20)1(3(9,10)11,4(12,13)14)5(15,16)17. The molecule has 14 heteroatoms. The van der Waals surface area contributed by atoms with E-state index in [1.54, 1.807) is 0 Å². The Hall–Kier alpha value is 9.45. The van der Waals surface area contributed by atoms with E-state index in [0.717, 1.165) is 0 Å². The maximum absolute atomic E-state index is 13.0. The average molecular weight is 1740 g/mol. The summed E-state index contributed by atoms with van der Waals surface area (Å²) in [5, 5.41) is 13.0. The Labute approximate surface area is 296 Å². The van der Waals surface area contributed by atoms with Gasteiger partial charge in [-0.3, -0.25) is 0 Å². The van der Waals surface area contributed by atoms with Crippen LogP contribution in [-0.2, 0) is 5.11 Å². The highest BCUT2D eigenvalue weighted by Gasteiger charge is 2.79. The first kappa shape index (κ1) is 29.5. The van der Waals surface area contributed by atoms with E-state index in [9.17, 15) is 5.11 Å². The molecule has 0 saturated carbocycles. The first-order chi connectivity index (χ1) is 8.25. The monoisotopic (exact) mass is 1740 g/mol. The van der Waals surface area contributed by atoms with E-state index in [1.165, 1.54) is 0 Å². The molecular weight excluding hydrogens is 1740 g/mol. The normalized spacial score (nSPS) is 16.5. The van der Waals surface area contributed by atoms with Gasteiger partial charge in [-0.05, 0) is 45.2 Å². The molecule has 0 aliphatic carbocycles. The fourth-order valence-corrected chi connectivity index (χ4v) is 38.6. The van der Waals surface area contributed by atoms with Crippen LogP contribution in [0.3, 0.4) is 0 Å². The largest absolute Gasteiger partial charge is 0.227 e. The van der Waals surface area contributed by atoms with E-state index in [0.29, 0.717) is 0 Å². The molecule has 0 rings (SSSR count). The summed E-state index contributed by atoms with van der Waals surface area (Å²) in [6.45, 7) is 0. The fraction of sp³-hybridized carbons (Fsp3) is 1.00. The van der Waals surface area contributed by atoms with E-state index >= 15 is 0 Å². The van der Waals surface area contributed by atoms with Crippen LogP contribution in [-0.4, -0.2) is 1.35 Å². The summed E-state index contributed by atoms with van der Waals surface area (Å²) in [4.78, 5) is 0. The molecule has 1 radical (unpaired) electrons. The summed E-state index contributed by atoms with van der Waals surface area (Å²) in [7, 11) is 0. The maximum Gasteiger partial charge on any atom is 0.227 e. The minimum absolute atomic E-state index is 0.137. The molecule has 0 aliphatic rings. The topological polar surface area (TPSA) is 19.9 Å². The van der Waals surface area contributed by atoms with Crippen LogP contribution in [0.1, 0.15) is 0 Å². The maximum atomic E-state index is 13.0. The second kappa shape index (κ2) is 10.4. The first-order valence-corrected chi connectivity index (χ1v) is 17.9. The number of rotatable bonds is 5. The van der Waals surface area contributed by atoms with Crippen LogP contribution in [0.4, 0.5) is 0 Å². The summed E-state index contributed by atoms with van der Waals surface area (Å²) < 4.78 is -2.05. The molecule has 0 heterocycles. The van der Waals surface area contributed by atoms with E-state index in [-0.39, 0.29) is 3.72 Å². The van der Waals surface area contributed by atoms with E-state index < -0.39 is 3.04 Å². The zero-order valence-corrected chi connectivity index (χ0v) is 36.4. The van der Waals surface area contributed by atoms with Gasteiger partial charge in [0.2, 0.25) is 1.61 Å². The van der Waals surface area contributed by atoms with Crippen molar-refractivity contribution in [2.75, 3.05) is 0 Å². The summed E-state index contributed by atoms with van der Waals surface area (Å²) in [6.07, 6.45) is 0. The lowest BCUT2D eigenvalue weighted by atomic mass is 9.92. The SMILES string of the molecule is [O]C(I)(I)C(I)(I)C(C(I)(I)I)(C(I)(I)I)C(I)(I)I. The van der Waals surface area contributed by atoms with Gasteiger partial charge in [0.15, 0.2) is 0 Å². The minimum Gasteiger partial charge on any atom is -0.204 e. The number of hydrogen-bond donors (Lipinski definition) is 0. The zero-order chi connectivity index (χ0) is 17.0. The van der Waals surface area contributed by atoms with E-state index in [1.807, 2.05) is 0 Å². The molecule has 0 aromatic heterocycles. The minimum atomic E-state index is -1.13. The van der Waals surface area contributed by atoms with Gasteiger partial charge in [0.25, 0.3) is 0 Å². The Morgan fingerprint density at radius 3 is 0.700 bits per heavy atom. The molecule has 0 bridgehead atoms. The molecule has 0 N–H and O–H groups in total. The van der Waals surface area contributed by atoms with Gasteiger partial charge in [0, 0.05) is 0 Å². The highest BCUT2D eigenvalue weighted by Crippen LogP contribution is 2.82. The molecule has 0 saturated heterocycles. The lowest BCUT2D eigenvalue weighted by Crippen LogP contribution is -2.66. The molecule has 0 aromatic carbocycles. The molecule has 0 aromatic rings. The van der Waals surface area contributed by atoms with Gasteiger partial charge in [-0.2, -0.15) is 0 Å².